The van der Waals surface area contributed by atoms with Crippen LogP contribution < -0.4 is 0 Å². The largest absolute Gasteiger partial charge is 0.475 e. The molecule has 3 heteroatoms. The zero-order valence-electron chi connectivity index (χ0n) is 12.1. The van der Waals surface area contributed by atoms with Crippen LogP contribution in [0.4, 0.5) is 0 Å². The summed E-state index contributed by atoms with van der Waals surface area (Å²) in [5.41, 5.74) is 0.233. The van der Waals surface area contributed by atoms with E-state index in [9.17, 15) is 9.59 Å². The molecule has 0 aromatic heterocycles. The maximum Gasteiger partial charge on any atom is 0.377 e. The van der Waals surface area contributed by atoms with E-state index in [1.165, 1.54) is 0 Å². The van der Waals surface area contributed by atoms with Gasteiger partial charge in [0.15, 0.2) is 0 Å². The average Bonchev–Trinajstić information content (AvgIpc) is 2.60. The number of carboxylic acids is 1. The number of hydrogen-bond acceptors (Lipinski definition) is 2. The van der Waals surface area contributed by atoms with Crippen molar-refractivity contribution >= 4 is 44.1 Å². The number of aliphatic carboxylic acids is 1. The Bertz CT molecular complexity index is 1110. The highest BCUT2D eigenvalue weighted by molar-refractivity contribution is 6.43. The average molecular weight is 300 g/mol. The summed E-state index contributed by atoms with van der Waals surface area (Å²) in [6.45, 7) is 0. The highest BCUT2D eigenvalue weighted by atomic mass is 16.4. The van der Waals surface area contributed by atoms with E-state index in [2.05, 4.69) is 0 Å². The highest BCUT2D eigenvalue weighted by Crippen LogP contribution is 2.33. The Labute approximate surface area is 131 Å². The summed E-state index contributed by atoms with van der Waals surface area (Å²) in [6.07, 6.45) is 0. The maximum atomic E-state index is 12.1. The molecule has 0 fully saturated rings. The van der Waals surface area contributed by atoms with E-state index in [4.69, 9.17) is 5.11 Å². The first kappa shape index (κ1) is 13.5. The first-order valence-corrected chi connectivity index (χ1v) is 7.27. The molecular weight excluding hydrogens is 288 g/mol. The van der Waals surface area contributed by atoms with Crippen molar-refractivity contribution in [3.8, 4) is 0 Å². The molecule has 0 saturated carbocycles. The molecule has 0 bridgehead atoms. The summed E-state index contributed by atoms with van der Waals surface area (Å²) in [4.78, 5) is 23.3. The molecule has 0 radical (unpaired) electrons. The fourth-order valence-electron chi connectivity index (χ4n) is 3.16. The van der Waals surface area contributed by atoms with Crippen LogP contribution in [0.3, 0.4) is 0 Å². The van der Waals surface area contributed by atoms with Gasteiger partial charge in [0.25, 0.3) is 5.78 Å². The standard InChI is InChI=1S/C20H12O3/c21-19(20(22)23)18-11-17-13-6-2-1-5-12(13)9-10-16(17)14-7-3-4-8-15(14)18/h1-11H,(H,22,23). The number of hydrogen-bond donors (Lipinski definition) is 1. The van der Waals surface area contributed by atoms with Gasteiger partial charge in [-0.2, -0.15) is 0 Å². The van der Waals surface area contributed by atoms with Crippen molar-refractivity contribution in [2.75, 3.05) is 0 Å². The molecule has 0 aliphatic rings. The molecule has 4 aromatic rings. The van der Waals surface area contributed by atoms with Gasteiger partial charge in [-0.05, 0) is 38.4 Å². The van der Waals surface area contributed by atoms with E-state index in [0.717, 1.165) is 26.9 Å². The Morgan fingerprint density at radius 1 is 0.652 bits per heavy atom. The molecule has 0 heterocycles. The van der Waals surface area contributed by atoms with Gasteiger partial charge in [0.05, 0.1) is 0 Å². The minimum absolute atomic E-state index is 0.233. The molecule has 110 valence electrons. The normalized spacial score (nSPS) is 11.1. The quantitative estimate of drug-likeness (QED) is 0.339. The van der Waals surface area contributed by atoms with E-state index in [1.807, 2.05) is 54.6 Å². The molecule has 0 aliphatic heterocycles. The molecule has 0 aliphatic carbocycles. The van der Waals surface area contributed by atoms with E-state index in [-0.39, 0.29) is 5.56 Å². The van der Waals surface area contributed by atoms with Crippen LogP contribution in [0.1, 0.15) is 10.4 Å². The van der Waals surface area contributed by atoms with Gasteiger partial charge in [0.2, 0.25) is 0 Å². The zero-order valence-corrected chi connectivity index (χ0v) is 12.1. The van der Waals surface area contributed by atoms with Gasteiger partial charge in [-0.15, -0.1) is 0 Å². The lowest BCUT2D eigenvalue weighted by Gasteiger charge is -2.10. The Morgan fingerprint density at radius 2 is 1.26 bits per heavy atom. The molecule has 0 saturated heterocycles. The van der Waals surface area contributed by atoms with Crippen LogP contribution in [-0.4, -0.2) is 16.9 Å². The molecule has 1 N–H and O–H groups in total. The minimum Gasteiger partial charge on any atom is -0.475 e. The SMILES string of the molecule is O=C(O)C(=O)c1cc2c3ccccc3ccc2c2ccccc12. The Morgan fingerprint density at radius 3 is 2.00 bits per heavy atom. The van der Waals surface area contributed by atoms with Gasteiger partial charge in [0.1, 0.15) is 0 Å². The van der Waals surface area contributed by atoms with Gasteiger partial charge >= 0.3 is 5.97 Å². The van der Waals surface area contributed by atoms with Crippen molar-refractivity contribution < 1.29 is 14.7 Å². The molecule has 4 aromatic carbocycles. The molecule has 23 heavy (non-hydrogen) atoms. The van der Waals surface area contributed by atoms with Crippen LogP contribution in [0.15, 0.2) is 66.7 Å². The second kappa shape index (κ2) is 4.92. The number of rotatable bonds is 2. The molecular formula is C20H12O3. The molecule has 0 unspecified atom stereocenters. The van der Waals surface area contributed by atoms with Gasteiger partial charge < -0.3 is 5.11 Å². The van der Waals surface area contributed by atoms with Gasteiger partial charge in [-0.25, -0.2) is 4.79 Å². The van der Waals surface area contributed by atoms with Crippen LogP contribution in [-0.2, 0) is 4.79 Å². The van der Waals surface area contributed by atoms with E-state index in [1.54, 1.807) is 12.1 Å². The predicted molar refractivity (Wildman–Crippen MR) is 90.9 cm³/mol. The van der Waals surface area contributed by atoms with Gasteiger partial charge in [-0.1, -0.05) is 60.7 Å². The van der Waals surface area contributed by atoms with E-state index >= 15 is 0 Å². The maximum absolute atomic E-state index is 12.1. The minimum atomic E-state index is -1.44. The number of carboxylic acid groups (broad SMARTS) is 1. The number of carbonyl (C=O) groups excluding carboxylic acids is 1. The van der Waals surface area contributed by atoms with Crippen molar-refractivity contribution in [2.24, 2.45) is 0 Å². The molecule has 3 nitrogen and oxygen atoms in total. The van der Waals surface area contributed by atoms with Crippen molar-refractivity contribution in [1.29, 1.82) is 0 Å². The highest BCUT2D eigenvalue weighted by Gasteiger charge is 2.19. The van der Waals surface area contributed by atoms with Crippen LogP contribution in [0.25, 0.3) is 32.3 Å². The van der Waals surface area contributed by atoms with Crippen LogP contribution in [0, 0.1) is 0 Å². The lowest BCUT2D eigenvalue weighted by molar-refractivity contribution is -0.131. The third-order valence-corrected chi connectivity index (χ3v) is 4.21. The number of benzene rings is 4. The Kier molecular flexibility index (Phi) is 2.88. The zero-order chi connectivity index (χ0) is 16.0. The third-order valence-electron chi connectivity index (χ3n) is 4.21. The number of carbonyl (C=O) groups is 2. The van der Waals surface area contributed by atoms with Crippen molar-refractivity contribution in [1.82, 2.24) is 0 Å². The summed E-state index contributed by atoms with van der Waals surface area (Å²) in [5, 5.41) is 14.7. The van der Waals surface area contributed by atoms with Crippen molar-refractivity contribution in [2.45, 2.75) is 0 Å². The second-order valence-electron chi connectivity index (χ2n) is 5.49. The number of Topliss-reactive ketones (excluding diaryl/α,β-unsaturated/α-hetero) is 1. The Balaban J connectivity index is 2.26. The van der Waals surface area contributed by atoms with E-state index < -0.39 is 11.8 Å². The first-order valence-electron chi connectivity index (χ1n) is 7.27. The summed E-state index contributed by atoms with van der Waals surface area (Å²) in [7, 11) is 0. The lowest BCUT2D eigenvalue weighted by atomic mass is 9.92. The van der Waals surface area contributed by atoms with Gasteiger partial charge in [-0.3, -0.25) is 4.79 Å². The summed E-state index contributed by atoms with van der Waals surface area (Å²) in [6, 6.07) is 21.1. The Hall–Kier alpha value is -3.20. The van der Waals surface area contributed by atoms with E-state index in [0.29, 0.717) is 5.39 Å². The van der Waals surface area contributed by atoms with Crippen molar-refractivity contribution in [3.63, 3.8) is 0 Å². The monoisotopic (exact) mass is 300 g/mol. The summed E-state index contributed by atoms with van der Waals surface area (Å²) in [5.74, 6) is -2.31. The number of fused-ring (bicyclic) bond motifs is 5. The van der Waals surface area contributed by atoms with Crippen LogP contribution in [0.2, 0.25) is 0 Å². The third kappa shape index (κ3) is 1.98. The molecule has 4 rings (SSSR count). The second-order valence-corrected chi connectivity index (χ2v) is 5.49. The first-order chi connectivity index (χ1) is 11.2. The molecule has 0 atom stereocenters. The smallest absolute Gasteiger partial charge is 0.377 e. The molecule has 0 amide bonds. The summed E-state index contributed by atoms with van der Waals surface area (Å²) < 4.78 is 0. The molecule has 0 spiro atoms. The predicted octanol–water partition coefficient (Wildman–Crippen LogP) is 4.41. The fraction of sp³-hybridized carbons (Fsp3) is 0. The fourth-order valence-corrected chi connectivity index (χ4v) is 3.16. The lowest BCUT2D eigenvalue weighted by Crippen LogP contribution is -2.13. The summed E-state index contributed by atoms with van der Waals surface area (Å²) >= 11 is 0. The number of ketones is 1. The van der Waals surface area contributed by atoms with Crippen LogP contribution in [0.5, 0.6) is 0 Å². The topological polar surface area (TPSA) is 54.4 Å². The van der Waals surface area contributed by atoms with Gasteiger partial charge in [0, 0.05) is 5.56 Å². The van der Waals surface area contributed by atoms with Crippen molar-refractivity contribution in [3.05, 3.63) is 72.3 Å². The van der Waals surface area contributed by atoms with Crippen LogP contribution >= 0.6 is 0 Å².